The van der Waals surface area contributed by atoms with E-state index in [4.69, 9.17) is 17.0 Å². The van der Waals surface area contributed by atoms with Gasteiger partial charge in [0.25, 0.3) is 0 Å². The van der Waals surface area contributed by atoms with Gasteiger partial charge in [0, 0.05) is 31.2 Å². The van der Waals surface area contributed by atoms with Gasteiger partial charge in [-0.25, -0.2) is 4.68 Å². The number of benzene rings is 1. The molecule has 1 amide bonds. The summed E-state index contributed by atoms with van der Waals surface area (Å²) in [7, 11) is 0. The minimum Gasteiger partial charge on any atom is -0.390 e. The minimum atomic E-state index is -1.01. The zero-order valence-electron chi connectivity index (χ0n) is 16.9. The highest BCUT2D eigenvalue weighted by molar-refractivity contribution is 7.80. The lowest BCUT2D eigenvalue weighted by Crippen LogP contribution is -2.61. The molecule has 0 radical (unpaired) electrons. The van der Waals surface area contributed by atoms with Crippen LogP contribution in [0.1, 0.15) is 6.42 Å². The SMILES string of the molecule is O=C(C1CC(O)C(O)C2NC(=S)N(c3ccc(-n4cccn4)cc3)C12)N1CCOCC1. The van der Waals surface area contributed by atoms with Crippen LogP contribution < -0.4 is 10.2 Å². The van der Waals surface area contributed by atoms with Crippen molar-refractivity contribution >= 4 is 28.9 Å². The first-order valence-corrected chi connectivity index (χ1v) is 10.9. The van der Waals surface area contributed by atoms with E-state index in [2.05, 4.69) is 10.4 Å². The Bertz CT molecular complexity index is 947. The molecule has 2 aromatic rings. The molecule has 1 saturated carbocycles. The monoisotopic (exact) mass is 443 g/mol. The highest BCUT2D eigenvalue weighted by atomic mass is 32.1. The third-order valence-corrected chi connectivity index (χ3v) is 6.70. The first-order chi connectivity index (χ1) is 15.0. The number of amides is 1. The van der Waals surface area contributed by atoms with Crippen molar-refractivity contribution in [3.8, 4) is 5.69 Å². The van der Waals surface area contributed by atoms with Crippen molar-refractivity contribution in [2.75, 3.05) is 31.2 Å². The van der Waals surface area contributed by atoms with Crippen molar-refractivity contribution in [1.82, 2.24) is 20.0 Å². The van der Waals surface area contributed by atoms with Crippen LogP contribution >= 0.6 is 12.2 Å². The smallest absolute Gasteiger partial charge is 0.228 e. The molecule has 3 aliphatic rings. The van der Waals surface area contributed by atoms with Crippen LogP contribution in [0.3, 0.4) is 0 Å². The molecule has 5 rings (SSSR count). The molecule has 3 N–H and O–H groups in total. The van der Waals surface area contributed by atoms with E-state index in [0.717, 1.165) is 11.4 Å². The van der Waals surface area contributed by atoms with Crippen molar-refractivity contribution in [2.45, 2.75) is 30.7 Å². The van der Waals surface area contributed by atoms with Crippen LogP contribution in [0.5, 0.6) is 0 Å². The van der Waals surface area contributed by atoms with E-state index in [9.17, 15) is 15.0 Å². The van der Waals surface area contributed by atoms with Crippen LogP contribution in [0.2, 0.25) is 0 Å². The summed E-state index contributed by atoms with van der Waals surface area (Å²) in [5, 5.41) is 29.0. The van der Waals surface area contributed by atoms with Crippen molar-refractivity contribution in [2.24, 2.45) is 5.92 Å². The van der Waals surface area contributed by atoms with Gasteiger partial charge in [-0.3, -0.25) is 4.79 Å². The molecule has 2 saturated heterocycles. The number of rotatable bonds is 3. The van der Waals surface area contributed by atoms with Crippen LogP contribution in [0, 0.1) is 5.92 Å². The molecule has 0 spiro atoms. The Hall–Kier alpha value is -2.53. The maximum atomic E-state index is 13.4. The Labute approximate surface area is 185 Å². The largest absolute Gasteiger partial charge is 0.390 e. The zero-order chi connectivity index (χ0) is 21.5. The fourth-order valence-electron chi connectivity index (χ4n) is 4.83. The average molecular weight is 444 g/mol. The maximum Gasteiger partial charge on any atom is 0.228 e. The summed E-state index contributed by atoms with van der Waals surface area (Å²) in [5.41, 5.74) is 1.73. The zero-order valence-corrected chi connectivity index (χ0v) is 17.7. The Morgan fingerprint density at radius 1 is 1.16 bits per heavy atom. The van der Waals surface area contributed by atoms with E-state index < -0.39 is 30.2 Å². The van der Waals surface area contributed by atoms with Gasteiger partial charge >= 0.3 is 0 Å². The number of aliphatic hydroxyl groups excluding tert-OH is 2. The van der Waals surface area contributed by atoms with Gasteiger partial charge in [-0.05, 0) is 49.0 Å². The number of fused-ring (bicyclic) bond motifs is 1. The lowest BCUT2D eigenvalue weighted by Gasteiger charge is -2.43. The van der Waals surface area contributed by atoms with Gasteiger partial charge < -0.3 is 30.1 Å². The number of carbonyl (C=O) groups excluding carboxylic acids is 1. The number of morpholine rings is 1. The molecule has 5 atom stereocenters. The van der Waals surface area contributed by atoms with Crippen molar-refractivity contribution < 1.29 is 19.7 Å². The number of nitrogens with one attached hydrogen (secondary N) is 1. The van der Waals surface area contributed by atoms with Gasteiger partial charge in [0.05, 0.1) is 43.0 Å². The molecule has 164 valence electrons. The molecule has 3 heterocycles. The molecule has 1 aromatic carbocycles. The summed E-state index contributed by atoms with van der Waals surface area (Å²) in [5.74, 6) is -0.533. The number of thiocarbonyl (C=S) groups is 1. The number of nitrogens with zero attached hydrogens (tertiary/aromatic N) is 4. The molecule has 1 aromatic heterocycles. The van der Waals surface area contributed by atoms with E-state index in [-0.39, 0.29) is 12.3 Å². The molecule has 3 fully saturated rings. The minimum absolute atomic E-state index is 0.0334. The summed E-state index contributed by atoms with van der Waals surface area (Å²) < 4.78 is 7.14. The maximum absolute atomic E-state index is 13.4. The van der Waals surface area contributed by atoms with Gasteiger partial charge in [0.15, 0.2) is 5.11 Å². The van der Waals surface area contributed by atoms with Gasteiger partial charge in [-0.1, -0.05) is 0 Å². The molecule has 10 heteroatoms. The van der Waals surface area contributed by atoms with Gasteiger partial charge in [-0.2, -0.15) is 5.10 Å². The average Bonchev–Trinajstić information content (AvgIpc) is 3.45. The molecule has 1 aliphatic carbocycles. The van der Waals surface area contributed by atoms with Gasteiger partial charge in [0.1, 0.15) is 6.10 Å². The number of hydrogen-bond acceptors (Lipinski definition) is 6. The summed E-state index contributed by atoms with van der Waals surface area (Å²) >= 11 is 5.60. The first kappa shape index (κ1) is 20.4. The second-order valence-electron chi connectivity index (χ2n) is 8.14. The van der Waals surface area contributed by atoms with E-state index in [0.29, 0.717) is 31.4 Å². The molecular formula is C21H25N5O4S. The summed E-state index contributed by atoms with van der Waals surface area (Å²) in [4.78, 5) is 17.1. The highest BCUT2D eigenvalue weighted by Gasteiger charge is 2.54. The predicted molar refractivity (Wildman–Crippen MR) is 117 cm³/mol. The van der Waals surface area contributed by atoms with Crippen molar-refractivity contribution in [3.05, 3.63) is 42.7 Å². The van der Waals surface area contributed by atoms with Crippen LogP contribution in [0.4, 0.5) is 5.69 Å². The van der Waals surface area contributed by atoms with Crippen LogP contribution in [0.25, 0.3) is 5.69 Å². The van der Waals surface area contributed by atoms with Crippen LogP contribution in [0.15, 0.2) is 42.7 Å². The fourth-order valence-corrected chi connectivity index (χ4v) is 5.19. The van der Waals surface area contributed by atoms with Gasteiger partial charge in [-0.15, -0.1) is 0 Å². The lowest BCUT2D eigenvalue weighted by atomic mass is 9.77. The second kappa shape index (κ2) is 8.19. The molecule has 9 nitrogen and oxygen atoms in total. The number of hydrogen-bond donors (Lipinski definition) is 3. The molecule has 5 unspecified atom stereocenters. The van der Waals surface area contributed by atoms with Gasteiger partial charge in [0.2, 0.25) is 5.91 Å². The Kier molecular flexibility index (Phi) is 5.39. The molecular weight excluding hydrogens is 418 g/mol. The van der Waals surface area contributed by atoms with E-state index in [1.807, 2.05) is 41.4 Å². The Balaban J connectivity index is 1.46. The standard InChI is InChI=1S/C21H25N5O4S/c27-16-12-15(20(29)24-8-10-30-11-9-24)18-17(19(16)28)23-21(31)26(18)14-4-2-13(3-5-14)25-7-1-6-22-25/h1-7,15-19,27-28H,8-12H2,(H,23,31). The second-order valence-corrected chi connectivity index (χ2v) is 8.53. The lowest BCUT2D eigenvalue weighted by molar-refractivity contribution is -0.145. The van der Waals surface area contributed by atoms with Crippen LogP contribution in [-0.4, -0.2) is 86.5 Å². The number of aromatic nitrogens is 2. The molecule has 2 aliphatic heterocycles. The summed E-state index contributed by atoms with van der Waals surface area (Å²) in [6, 6.07) is 8.67. The summed E-state index contributed by atoms with van der Waals surface area (Å²) in [6.07, 6.45) is 1.76. The third-order valence-electron chi connectivity index (χ3n) is 6.38. The number of ether oxygens (including phenoxy) is 1. The fraction of sp³-hybridized carbons (Fsp3) is 0.476. The third kappa shape index (κ3) is 3.59. The Morgan fingerprint density at radius 3 is 2.55 bits per heavy atom. The highest BCUT2D eigenvalue weighted by Crippen LogP contribution is 2.37. The van der Waals surface area contributed by atoms with Crippen molar-refractivity contribution in [3.63, 3.8) is 0 Å². The topological polar surface area (TPSA) is 103 Å². The number of anilines is 1. The quantitative estimate of drug-likeness (QED) is 0.566. The predicted octanol–water partition coefficient (Wildman–Crippen LogP) is -0.0955. The molecule has 0 bridgehead atoms. The molecule has 31 heavy (non-hydrogen) atoms. The first-order valence-electron chi connectivity index (χ1n) is 10.5. The van der Waals surface area contributed by atoms with Crippen molar-refractivity contribution in [1.29, 1.82) is 0 Å². The van der Waals surface area contributed by atoms with Crippen LogP contribution in [-0.2, 0) is 9.53 Å². The number of carbonyl (C=O) groups is 1. The van der Waals surface area contributed by atoms with E-state index in [1.165, 1.54) is 0 Å². The number of aliphatic hydroxyl groups is 2. The van der Waals surface area contributed by atoms with E-state index in [1.54, 1.807) is 15.8 Å². The van der Waals surface area contributed by atoms with E-state index >= 15 is 0 Å². The normalized spacial score (nSPS) is 30.8. The summed E-state index contributed by atoms with van der Waals surface area (Å²) in [6.45, 7) is 2.07. The Morgan fingerprint density at radius 2 is 1.87 bits per heavy atom.